The molecule has 2 rings (SSSR count). The van der Waals surface area contributed by atoms with Gasteiger partial charge in [0.25, 0.3) is 0 Å². The highest BCUT2D eigenvalue weighted by atomic mass is 32.2. The van der Waals surface area contributed by atoms with Crippen LogP contribution in [-0.2, 0) is 20.5 Å². The molecule has 1 N–H and O–H groups in total. The molecule has 0 aromatic heterocycles. The van der Waals surface area contributed by atoms with Gasteiger partial charge in [0.1, 0.15) is 5.60 Å². The molecule has 1 amide bonds. The molecule has 0 saturated carbocycles. The van der Waals surface area contributed by atoms with Crippen LogP contribution in [0.3, 0.4) is 0 Å². The Bertz CT molecular complexity index is 708. The van der Waals surface area contributed by atoms with Crippen LogP contribution in [0.15, 0.2) is 24.3 Å². The Balaban J connectivity index is 1.96. The van der Waals surface area contributed by atoms with E-state index in [0.717, 1.165) is 30.4 Å². The molecule has 1 aromatic rings. The number of hydrogen-bond acceptors (Lipinski definition) is 4. The van der Waals surface area contributed by atoms with E-state index < -0.39 is 15.6 Å². The molecule has 1 aliphatic rings. The second kappa shape index (κ2) is 8.39. The first kappa shape index (κ1) is 20.7. The minimum absolute atomic E-state index is 0.0631. The number of piperidine rings is 1. The zero-order valence-electron chi connectivity index (χ0n) is 16.1. The first-order chi connectivity index (χ1) is 12.1. The normalized spacial score (nSPS) is 18.6. The molecule has 1 aromatic carbocycles. The number of rotatable bonds is 5. The van der Waals surface area contributed by atoms with Crippen LogP contribution in [-0.4, -0.2) is 44.1 Å². The lowest BCUT2D eigenvalue weighted by Crippen LogP contribution is -2.50. The monoisotopic (exact) mass is 382 g/mol. The number of carbonyl (C=O) groups is 1. The number of sulfonamides is 1. The zero-order chi connectivity index (χ0) is 19.4. The first-order valence-corrected chi connectivity index (χ1v) is 10.7. The van der Waals surface area contributed by atoms with Crippen molar-refractivity contribution in [2.24, 2.45) is 0 Å². The number of nitrogens with zero attached hydrogens (tertiary/aromatic N) is 1. The maximum atomic E-state index is 12.4. The van der Waals surface area contributed by atoms with Crippen molar-refractivity contribution in [3.63, 3.8) is 0 Å². The number of hydrogen-bond donors (Lipinski definition) is 1. The molecule has 1 atom stereocenters. The predicted octanol–water partition coefficient (Wildman–Crippen LogP) is 3.20. The van der Waals surface area contributed by atoms with Gasteiger partial charge in [0.2, 0.25) is 10.0 Å². The van der Waals surface area contributed by atoms with Crippen LogP contribution in [0, 0.1) is 6.92 Å². The van der Waals surface area contributed by atoms with Crippen molar-refractivity contribution in [1.82, 2.24) is 9.62 Å². The number of likely N-dealkylation sites (tertiary alicyclic amines) is 1. The Morgan fingerprint density at radius 1 is 1.23 bits per heavy atom. The van der Waals surface area contributed by atoms with Gasteiger partial charge in [-0.3, -0.25) is 0 Å². The van der Waals surface area contributed by atoms with E-state index in [4.69, 9.17) is 4.74 Å². The molecule has 1 aliphatic heterocycles. The molecular formula is C19H30N2O4S. The van der Waals surface area contributed by atoms with E-state index in [-0.39, 0.29) is 24.4 Å². The summed E-state index contributed by atoms with van der Waals surface area (Å²) in [4.78, 5) is 14.1. The van der Waals surface area contributed by atoms with Gasteiger partial charge in [-0.2, -0.15) is 0 Å². The minimum atomic E-state index is -3.46. The molecule has 26 heavy (non-hydrogen) atoms. The Labute approximate surface area is 157 Å². The van der Waals surface area contributed by atoms with E-state index in [9.17, 15) is 13.2 Å². The van der Waals surface area contributed by atoms with Crippen molar-refractivity contribution in [3.05, 3.63) is 35.4 Å². The zero-order valence-corrected chi connectivity index (χ0v) is 16.9. The molecule has 0 spiro atoms. The lowest BCUT2D eigenvalue weighted by Gasteiger charge is -2.36. The third-order valence-corrected chi connectivity index (χ3v) is 5.59. The average Bonchev–Trinajstić information content (AvgIpc) is 2.54. The largest absolute Gasteiger partial charge is 0.444 e. The fourth-order valence-electron chi connectivity index (χ4n) is 2.95. The summed E-state index contributed by atoms with van der Waals surface area (Å²) in [7, 11) is -3.46. The maximum absolute atomic E-state index is 12.4. The Morgan fingerprint density at radius 2 is 1.88 bits per heavy atom. The van der Waals surface area contributed by atoms with Gasteiger partial charge in [-0.1, -0.05) is 29.8 Å². The smallest absolute Gasteiger partial charge is 0.410 e. The highest BCUT2D eigenvalue weighted by molar-refractivity contribution is 7.88. The quantitative estimate of drug-likeness (QED) is 0.848. The van der Waals surface area contributed by atoms with Crippen molar-refractivity contribution in [2.75, 3.05) is 13.1 Å². The Kier molecular flexibility index (Phi) is 6.69. The third kappa shape index (κ3) is 6.61. The minimum Gasteiger partial charge on any atom is -0.444 e. The molecule has 1 unspecified atom stereocenters. The van der Waals surface area contributed by atoms with Gasteiger partial charge in [-0.15, -0.1) is 0 Å². The third-order valence-electron chi connectivity index (χ3n) is 4.27. The number of aryl methyl sites for hydroxylation is 1. The number of benzene rings is 1. The topological polar surface area (TPSA) is 75.7 Å². The SMILES string of the molecule is Cc1ccc(CS(=O)(=O)NCC2CCCCN2C(=O)OC(C)(C)C)cc1. The van der Waals surface area contributed by atoms with Crippen molar-refractivity contribution in [1.29, 1.82) is 0 Å². The number of carbonyl (C=O) groups excluding carboxylic acids is 1. The Hall–Kier alpha value is -1.60. The van der Waals surface area contributed by atoms with Crippen LogP contribution < -0.4 is 4.72 Å². The van der Waals surface area contributed by atoms with Crippen molar-refractivity contribution in [2.45, 2.75) is 64.4 Å². The van der Waals surface area contributed by atoms with E-state index in [2.05, 4.69) is 4.72 Å². The fourth-order valence-corrected chi connectivity index (χ4v) is 4.13. The summed E-state index contributed by atoms with van der Waals surface area (Å²) in [6.07, 6.45) is 2.28. The van der Waals surface area contributed by atoms with Gasteiger partial charge >= 0.3 is 6.09 Å². The molecule has 146 valence electrons. The van der Waals surface area contributed by atoms with Crippen LogP contribution >= 0.6 is 0 Å². The first-order valence-electron chi connectivity index (χ1n) is 9.08. The van der Waals surface area contributed by atoms with E-state index in [1.165, 1.54) is 0 Å². The number of amides is 1. The maximum Gasteiger partial charge on any atom is 0.410 e. The lowest BCUT2D eigenvalue weighted by atomic mass is 10.0. The van der Waals surface area contributed by atoms with Gasteiger partial charge < -0.3 is 9.64 Å². The van der Waals surface area contributed by atoms with Gasteiger partial charge in [0.15, 0.2) is 0 Å². The van der Waals surface area contributed by atoms with Crippen LogP contribution in [0.2, 0.25) is 0 Å². The van der Waals surface area contributed by atoms with Crippen molar-refractivity contribution in [3.8, 4) is 0 Å². The van der Waals surface area contributed by atoms with Crippen molar-refractivity contribution < 1.29 is 17.9 Å². The molecular weight excluding hydrogens is 352 g/mol. The molecule has 1 saturated heterocycles. The summed E-state index contributed by atoms with van der Waals surface area (Å²) in [5, 5.41) is 0. The summed E-state index contributed by atoms with van der Waals surface area (Å²) in [5.74, 6) is -0.0631. The average molecular weight is 383 g/mol. The van der Waals surface area contributed by atoms with Crippen molar-refractivity contribution >= 4 is 16.1 Å². The van der Waals surface area contributed by atoms with Crippen LogP contribution in [0.4, 0.5) is 4.79 Å². The second-order valence-electron chi connectivity index (χ2n) is 7.92. The number of nitrogens with one attached hydrogen (secondary N) is 1. The van der Waals surface area contributed by atoms with E-state index in [1.54, 1.807) is 4.90 Å². The molecule has 0 bridgehead atoms. The fraction of sp³-hybridized carbons (Fsp3) is 0.632. The molecule has 0 aliphatic carbocycles. The summed E-state index contributed by atoms with van der Waals surface area (Å²) in [6, 6.07) is 7.27. The van der Waals surface area contributed by atoms with E-state index >= 15 is 0 Å². The van der Waals surface area contributed by atoms with Crippen LogP contribution in [0.25, 0.3) is 0 Å². The molecule has 0 radical (unpaired) electrons. The van der Waals surface area contributed by atoms with Crippen LogP contribution in [0.1, 0.15) is 51.2 Å². The summed E-state index contributed by atoms with van der Waals surface area (Å²) in [6.45, 7) is 8.26. The van der Waals surface area contributed by atoms with Gasteiger partial charge in [-0.25, -0.2) is 17.9 Å². The summed E-state index contributed by atoms with van der Waals surface area (Å²) >= 11 is 0. The highest BCUT2D eigenvalue weighted by Crippen LogP contribution is 2.20. The van der Waals surface area contributed by atoms with E-state index in [1.807, 2.05) is 52.0 Å². The second-order valence-corrected chi connectivity index (χ2v) is 9.72. The molecule has 7 heteroatoms. The van der Waals surface area contributed by atoms with Crippen LogP contribution in [0.5, 0.6) is 0 Å². The Morgan fingerprint density at radius 3 is 2.50 bits per heavy atom. The summed E-state index contributed by atoms with van der Waals surface area (Å²) < 4.78 is 32.9. The van der Waals surface area contributed by atoms with Gasteiger partial charge in [-0.05, 0) is 52.5 Å². The lowest BCUT2D eigenvalue weighted by molar-refractivity contribution is 0.0105. The molecule has 1 fully saturated rings. The van der Waals surface area contributed by atoms with Gasteiger partial charge in [0, 0.05) is 19.1 Å². The standard InChI is InChI=1S/C19H30N2O4S/c1-15-8-10-16(11-9-15)14-26(23,24)20-13-17-7-5-6-12-21(17)18(22)25-19(2,3)4/h8-11,17,20H,5-7,12-14H2,1-4H3. The summed E-state index contributed by atoms with van der Waals surface area (Å²) in [5.41, 5.74) is 1.27. The number of ether oxygens (including phenoxy) is 1. The highest BCUT2D eigenvalue weighted by Gasteiger charge is 2.31. The molecule has 1 heterocycles. The van der Waals surface area contributed by atoms with Gasteiger partial charge in [0.05, 0.1) is 5.75 Å². The molecule has 6 nitrogen and oxygen atoms in total. The predicted molar refractivity (Wildman–Crippen MR) is 102 cm³/mol. The van der Waals surface area contributed by atoms with E-state index in [0.29, 0.717) is 6.54 Å².